The molecule has 0 amide bonds. The van der Waals surface area contributed by atoms with Crippen molar-refractivity contribution in [2.45, 2.75) is 6.42 Å². The smallest absolute Gasteiger partial charge is 0.337 e. The number of halogens is 1. The second-order valence-electron chi connectivity index (χ2n) is 4.03. The SMILES string of the molecule is O=C(O)c1ccncc1NCCc1ccc(Cl)cc1. The zero-order valence-corrected chi connectivity index (χ0v) is 10.9. The van der Waals surface area contributed by atoms with Gasteiger partial charge >= 0.3 is 5.97 Å². The van der Waals surface area contributed by atoms with E-state index in [2.05, 4.69) is 10.3 Å². The molecule has 0 atom stereocenters. The monoisotopic (exact) mass is 276 g/mol. The largest absolute Gasteiger partial charge is 0.478 e. The molecule has 0 radical (unpaired) electrons. The molecule has 2 N–H and O–H groups in total. The first-order valence-electron chi connectivity index (χ1n) is 5.82. The summed E-state index contributed by atoms with van der Waals surface area (Å²) >= 11 is 5.81. The number of hydrogen-bond acceptors (Lipinski definition) is 3. The number of hydrogen-bond donors (Lipinski definition) is 2. The standard InChI is InChI=1S/C14H13ClN2O2/c15-11-3-1-10(2-4-11)5-8-17-13-9-16-7-6-12(13)14(18)19/h1-4,6-7,9,17H,5,8H2,(H,18,19). The Kier molecular flexibility index (Phi) is 4.36. The fourth-order valence-electron chi connectivity index (χ4n) is 1.71. The third kappa shape index (κ3) is 3.69. The zero-order chi connectivity index (χ0) is 13.7. The van der Waals surface area contributed by atoms with Crippen LogP contribution in [0.1, 0.15) is 15.9 Å². The van der Waals surface area contributed by atoms with E-state index in [-0.39, 0.29) is 5.56 Å². The van der Waals surface area contributed by atoms with Crippen molar-refractivity contribution in [2.24, 2.45) is 0 Å². The Labute approximate surface area is 116 Å². The Morgan fingerprint density at radius 3 is 2.68 bits per heavy atom. The second kappa shape index (κ2) is 6.20. The molecule has 0 aliphatic carbocycles. The van der Waals surface area contributed by atoms with E-state index < -0.39 is 5.97 Å². The summed E-state index contributed by atoms with van der Waals surface area (Å²) in [6.07, 6.45) is 3.77. The number of pyridine rings is 1. The van der Waals surface area contributed by atoms with Crippen LogP contribution < -0.4 is 5.32 Å². The number of benzene rings is 1. The zero-order valence-electron chi connectivity index (χ0n) is 10.1. The third-order valence-corrected chi connectivity index (χ3v) is 2.95. The minimum atomic E-state index is -0.962. The molecule has 0 spiro atoms. The van der Waals surface area contributed by atoms with E-state index in [0.29, 0.717) is 17.3 Å². The van der Waals surface area contributed by atoms with E-state index >= 15 is 0 Å². The van der Waals surface area contributed by atoms with E-state index in [1.165, 1.54) is 18.5 Å². The lowest BCUT2D eigenvalue weighted by molar-refractivity contribution is 0.0698. The van der Waals surface area contributed by atoms with Gasteiger partial charge in [-0.2, -0.15) is 0 Å². The lowest BCUT2D eigenvalue weighted by atomic mass is 10.1. The van der Waals surface area contributed by atoms with Gasteiger partial charge in [0.1, 0.15) is 0 Å². The number of carboxylic acid groups (broad SMARTS) is 1. The minimum Gasteiger partial charge on any atom is -0.478 e. The summed E-state index contributed by atoms with van der Waals surface area (Å²) in [6, 6.07) is 9.05. The van der Waals surface area contributed by atoms with E-state index in [9.17, 15) is 4.79 Å². The van der Waals surface area contributed by atoms with Crippen molar-refractivity contribution >= 4 is 23.3 Å². The van der Waals surface area contributed by atoms with Crippen LogP contribution in [0.2, 0.25) is 5.02 Å². The van der Waals surface area contributed by atoms with Crippen LogP contribution in [-0.2, 0) is 6.42 Å². The van der Waals surface area contributed by atoms with Crippen molar-refractivity contribution in [1.82, 2.24) is 4.98 Å². The van der Waals surface area contributed by atoms with E-state index in [1.807, 2.05) is 24.3 Å². The first-order valence-corrected chi connectivity index (χ1v) is 6.20. The Hall–Kier alpha value is -2.07. The summed E-state index contributed by atoms with van der Waals surface area (Å²) in [5.74, 6) is -0.962. The van der Waals surface area contributed by atoms with Gasteiger partial charge in [-0.1, -0.05) is 23.7 Å². The van der Waals surface area contributed by atoms with Crippen molar-refractivity contribution < 1.29 is 9.90 Å². The van der Waals surface area contributed by atoms with Crippen LogP contribution in [0, 0.1) is 0 Å². The lowest BCUT2D eigenvalue weighted by Gasteiger charge is -2.08. The first-order chi connectivity index (χ1) is 9.16. The van der Waals surface area contributed by atoms with Crippen LogP contribution in [0.15, 0.2) is 42.7 Å². The average molecular weight is 277 g/mol. The Morgan fingerprint density at radius 2 is 2.00 bits per heavy atom. The predicted octanol–water partition coefficient (Wildman–Crippen LogP) is 3.09. The summed E-state index contributed by atoms with van der Waals surface area (Å²) in [7, 11) is 0. The molecule has 4 nitrogen and oxygen atoms in total. The highest BCUT2D eigenvalue weighted by Crippen LogP contribution is 2.14. The number of carboxylic acids is 1. The number of nitrogens with one attached hydrogen (secondary N) is 1. The molecular formula is C14H13ClN2O2. The highest BCUT2D eigenvalue weighted by molar-refractivity contribution is 6.30. The fourth-order valence-corrected chi connectivity index (χ4v) is 1.84. The Morgan fingerprint density at radius 1 is 1.26 bits per heavy atom. The molecule has 2 rings (SSSR count). The molecular weight excluding hydrogens is 264 g/mol. The summed E-state index contributed by atoms with van der Waals surface area (Å²) in [5.41, 5.74) is 1.90. The number of carbonyl (C=O) groups is 1. The number of aromatic carboxylic acids is 1. The van der Waals surface area contributed by atoms with Crippen molar-refractivity contribution in [3.63, 3.8) is 0 Å². The highest BCUT2D eigenvalue weighted by atomic mass is 35.5. The van der Waals surface area contributed by atoms with E-state index in [0.717, 1.165) is 12.0 Å². The van der Waals surface area contributed by atoms with Gasteiger partial charge in [-0.15, -0.1) is 0 Å². The molecule has 19 heavy (non-hydrogen) atoms. The van der Waals surface area contributed by atoms with Crippen LogP contribution >= 0.6 is 11.6 Å². The molecule has 1 aromatic heterocycles. The van der Waals surface area contributed by atoms with Gasteiger partial charge in [-0.3, -0.25) is 4.98 Å². The highest BCUT2D eigenvalue weighted by Gasteiger charge is 2.08. The summed E-state index contributed by atoms with van der Waals surface area (Å²) in [5, 5.41) is 12.8. The maximum absolute atomic E-state index is 11.0. The molecule has 1 heterocycles. The van der Waals surface area contributed by atoms with Crippen LogP contribution in [0.25, 0.3) is 0 Å². The predicted molar refractivity (Wildman–Crippen MR) is 74.8 cm³/mol. The quantitative estimate of drug-likeness (QED) is 0.881. The van der Waals surface area contributed by atoms with Crippen LogP contribution in [0.5, 0.6) is 0 Å². The molecule has 2 aromatic rings. The van der Waals surface area contributed by atoms with Gasteiger partial charge in [-0.25, -0.2) is 4.79 Å². The third-order valence-electron chi connectivity index (χ3n) is 2.69. The summed E-state index contributed by atoms with van der Waals surface area (Å²) in [4.78, 5) is 14.9. The number of aromatic nitrogens is 1. The van der Waals surface area contributed by atoms with Gasteiger partial charge in [0.15, 0.2) is 0 Å². The molecule has 5 heteroatoms. The maximum Gasteiger partial charge on any atom is 0.337 e. The molecule has 0 fully saturated rings. The van der Waals surface area contributed by atoms with Crippen LogP contribution in [0.4, 0.5) is 5.69 Å². The van der Waals surface area contributed by atoms with E-state index in [4.69, 9.17) is 16.7 Å². The lowest BCUT2D eigenvalue weighted by Crippen LogP contribution is -2.09. The minimum absolute atomic E-state index is 0.228. The summed E-state index contributed by atoms with van der Waals surface area (Å²) in [6.45, 7) is 0.633. The van der Waals surface area contributed by atoms with Crippen molar-refractivity contribution in [1.29, 1.82) is 0 Å². The fraction of sp³-hybridized carbons (Fsp3) is 0.143. The topological polar surface area (TPSA) is 62.2 Å². The average Bonchev–Trinajstić information content (AvgIpc) is 2.41. The Bertz CT molecular complexity index is 570. The molecule has 0 aliphatic heterocycles. The number of rotatable bonds is 5. The molecule has 0 bridgehead atoms. The van der Waals surface area contributed by atoms with E-state index in [1.54, 1.807) is 0 Å². The van der Waals surface area contributed by atoms with Gasteiger partial charge in [0, 0.05) is 17.8 Å². The first kappa shape index (κ1) is 13.4. The van der Waals surface area contributed by atoms with Crippen molar-refractivity contribution in [3.05, 3.63) is 58.9 Å². The molecule has 98 valence electrons. The second-order valence-corrected chi connectivity index (χ2v) is 4.47. The van der Waals surface area contributed by atoms with Gasteiger partial charge in [0.2, 0.25) is 0 Å². The van der Waals surface area contributed by atoms with Gasteiger partial charge < -0.3 is 10.4 Å². The Balaban J connectivity index is 1.96. The van der Waals surface area contributed by atoms with Crippen LogP contribution in [-0.4, -0.2) is 22.6 Å². The van der Waals surface area contributed by atoms with Crippen molar-refractivity contribution in [3.8, 4) is 0 Å². The van der Waals surface area contributed by atoms with Gasteiger partial charge in [0.05, 0.1) is 17.4 Å². The molecule has 1 aromatic carbocycles. The summed E-state index contributed by atoms with van der Waals surface area (Å²) < 4.78 is 0. The molecule has 0 saturated heterocycles. The molecule has 0 saturated carbocycles. The maximum atomic E-state index is 11.0. The van der Waals surface area contributed by atoms with Gasteiger partial charge in [0.25, 0.3) is 0 Å². The van der Waals surface area contributed by atoms with Gasteiger partial charge in [-0.05, 0) is 30.2 Å². The van der Waals surface area contributed by atoms with Crippen molar-refractivity contribution in [2.75, 3.05) is 11.9 Å². The molecule has 0 unspecified atom stereocenters. The molecule has 0 aliphatic rings. The number of anilines is 1. The normalized spacial score (nSPS) is 10.2. The number of nitrogens with zero attached hydrogens (tertiary/aromatic N) is 1. The van der Waals surface area contributed by atoms with Crippen LogP contribution in [0.3, 0.4) is 0 Å².